The van der Waals surface area contributed by atoms with E-state index in [2.05, 4.69) is 0 Å². The van der Waals surface area contributed by atoms with Crippen molar-refractivity contribution in [2.75, 3.05) is 6.54 Å². The topological polar surface area (TPSA) is 98.3 Å². The van der Waals surface area contributed by atoms with E-state index in [4.69, 9.17) is 17.2 Å². The fourth-order valence-electron chi connectivity index (χ4n) is 1.22. The van der Waals surface area contributed by atoms with Crippen LogP contribution in [0.5, 0.6) is 0 Å². The lowest BCUT2D eigenvalue weighted by Crippen LogP contribution is -2.30. The zero-order chi connectivity index (χ0) is 9.84. The minimum Gasteiger partial charge on any atom is -0.508 e. The molecule has 0 amide bonds. The zero-order valence-electron chi connectivity index (χ0n) is 7.40. The number of hydrogen-bond donors (Lipinski definition) is 4. The molecule has 1 rings (SSSR count). The van der Waals surface area contributed by atoms with Crippen molar-refractivity contribution in [3.63, 3.8) is 0 Å². The second-order valence-corrected chi connectivity index (χ2v) is 2.99. The van der Waals surface area contributed by atoms with Gasteiger partial charge in [-0.1, -0.05) is 0 Å². The van der Waals surface area contributed by atoms with Crippen molar-refractivity contribution >= 4 is 0 Å². The van der Waals surface area contributed by atoms with Crippen molar-refractivity contribution in [1.82, 2.24) is 0 Å². The van der Waals surface area contributed by atoms with Crippen LogP contribution in [-0.4, -0.2) is 17.7 Å². The smallest absolute Gasteiger partial charge is 0.115 e. The normalized spacial score (nSPS) is 22.9. The molecule has 7 N–H and O–H groups in total. The van der Waals surface area contributed by atoms with Gasteiger partial charge < -0.3 is 22.3 Å². The van der Waals surface area contributed by atoms with Crippen LogP contribution in [0.3, 0.4) is 0 Å². The summed E-state index contributed by atoms with van der Waals surface area (Å²) in [5, 5.41) is 9.31. The van der Waals surface area contributed by atoms with Crippen molar-refractivity contribution in [3.8, 4) is 0 Å². The first-order chi connectivity index (χ1) is 6.15. The molecule has 1 aliphatic rings. The minimum atomic E-state index is -0.329. The Kier molecular flexibility index (Phi) is 3.11. The van der Waals surface area contributed by atoms with Crippen molar-refractivity contribution in [2.24, 2.45) is 17.2 Å². The molecular weight excluding hydrogens is 166 g/mol. The van der Waals surface area contributed by atoms with E-state index < -0.39 is 0 Å². The first kappa shape index (κ1) is 9.83. The number of aliphatic hydroxyl groups is 1. The average molecular weight is 181 g/mol. The third-order valence-electron chi connectivity index (χ3n) is 1.97. The van der Waals surface area contributed by atoms with E-state index in [1.165, 1.54) is 6.08 Å². The van der Waals surface area contributed by atoms with Gasteiger partial charge in [0, 0.05) is 5.70 Å². The number of nitrogens with two attached hydrogens (primary N) is 3. The van der Waals surface area contributed by atoms with Crippen LogP contribution >= 0.6 is 0 Å². The molecule has 0 bridgehead atoms. The summed E-state index contributed by atoms with van der Waals surface area (Å²) in [4.78, 5) is 0. The molecule has 1 atom stereocenters. The Morgan fingerprint density at radius 2 is 2.08 bits per heavy atom. The number of aliphatic hydroxyl groups excluding tert-OH is 1. The molecule has 0 aliphatic heterocycles. The van der Waals surface area contributed by atoms with E-state index in [1.54, 1.807) is 12.2 Å². The quantitative estimate of drug-likeness (QED) is 0.477. The molecule has 0 aromatic heterocycles. The highest BCUT2D eigenvalue weighted by molar-refractivity contribution is 5.36. The van der Waals surface area contributed by atoms with Crippen LogP contribution < -0.4 is 17.2 Å². The summed E-state index contributed by atoms with van der Waals surface area (Å²) in [6.07, 6.45) is 5.40. The van der Waals surface area contributed by atoms with Gasteiger partial charge in [-0.15, -0.1) is 0 Å². The molecule has 0 aromatic rings. The number of hydrogen-bond acceptors (Lipinski definition) is 4. The summed E-state index contributed by atoms with van der Waals surface area (Å²) in [6.45, 7) is 0.500. The molecule has 0 spiro atoms. The predicted octanol–water partition coefficient (Wildman–Crippen LogP) is -0.113. The molecule has 4 heteroatoms. The Morgan fingerprint density at radius 3 is 2.69 bits per heavy atom. The Balaban J connectivity index is 2.92. The lowest BCUT2D eigenvalue weighted by atomic mass is 10.0. The third-order valence-corrected chi connectivity index (χ3v) is 1.97. The average Bonchev–Trinajstić information content (AvgIpc) is 2.21. The summed E-state index contributed by atoms with van der Waals surface area (Å²) in [7, 11) is 0. The highest BCUT2D eigenvalue weighted by Gasteiger charge is 2.13. The van der Waals surface area contributed by atoms with Gasteiger partial charge >= 0.3 is 0 Å². The maximum atomic E-state index is 9.31. The third kappa shape index (κ3) is 2.34. The largest absolute Gasteiger partial charge is 0.508 e. The maximum absolute atomic E-state index is 9.31. The zero-order valence-corrected chi connectivity index (χ0v) is 7.40. The van der Waals surface area contributed by atoms with Crippen molar-refractivity contribution in [2.45, 2.75) is 12.5 Å². The molecule has 0 radical (unpaired) electrons. The summed E-state index contributed by atoms with van der Waals surface area (Å²) >= 11 is 0. The van der Waals surface area contributed by atoms with Gasteiger partial charge in [-0.25, -0.2) is 0 Å². The summed E-state index contributed by atoms with van der Waals surface area (Å²) in [5.41, 5.74) is 18.3. The van der Waals surface area contributed by atoms with Gasteiger partial charge in [0.15, 0.2) is 0 Å². The Morgan fingerprint density at radius 1 is 1.38 bits per heavy atom. The van der Waals surface area contributed by atoms with E-state index in [0.29, 0.717) is 18.7 Å². The second kappa shape index (κ2) is 4.11. The van der Waals surface area contributed by atoms with Crippen LogP contribution in [0.2, 0.25) is 0 Å². The van der Waals surface area contributed by atoms with Crippen LogP contribution in [0.15, 0.2) is 35.3 Å². The lowest BCUT2D eigenvalue weighted by molar-refractivity contribution is 0.431. The fourth-order valence-corrected chi connectivity index (χ4v) is 1.22. The molecular formula is C9H15N3O. The molecule has 1 unspecified atom stereocenters. The highest BCUT2D eigenvalue weighted by atomic mass is 16.3. The van der Waals surface area contributed by atoms with Gasteiger partial charge in [-0.3, -0.25) is 0 Å². The molecule has 0 saturated heterocycles. The van der Waals surface area contributed by atoms with E-state index in [-0.39, 0.29) is 11.8 Å². The Bertz CT molecular complexity index is 279. The van der Waals surface area contributed by atoms with Crippen molar-refractivity contribution < 1.29 is 5.11 Å². The van der Waals surface area contributed by atoms with Gasteiger partial charge in [0.2, 0.25) is 0 Å². The SMILES string of the molecule is NCCC1=CC(O)=CC=C(N)C1N. The molecule has 72 valence electrons. The van der Waals surface area contributed by atoms with Gasteiger partial charge in [-0.2, -0.15) is 0 Å². The van der Waals surface area contributed by atoms with Gasteiger partial charge in [0.1, 0.15) is 5.76 Å². The van der Waals surface area contributed by atoms with Crippen LogP contribution in [0.25, 0.3) is 0 Å². The van der Waals surface area contributed by atoms with Crippen molar-refractivity contribution in [3.05, 3.63) is 35.3 Å². The van der Waals surface area contributed by atoms with E-state index >= 15 is 0 Å². The lowest BCUT2D eigenvalue weighted by Gasteiger charge is -2.14. The first-order valence-corrected chi connectivity index (χ1v) is 4.17. The fraction of sp³-hybridized carbons (Fsp3) is 0.333. The molecule has 0 fully saturated rings. The molecule has 0 heterocycles. The Labute approximate surface area is 77.4 Å². The molecule has 1 aliphatic carbocycles. The number of rotatable bonds is 2. The predicted molar refractivity (Wildman–Crippen MR) is 52.7 cm³/mol. The highest BCUT2D eigenvalue weighted by Crippen LogP contribution is 2.15. The van der Waals surface area contributed by atoms with Gasteiger partial charge in [-0.05, 0) is 36.8 Å². The van der Waals surface area contributed by atoms with E-state index in [0.717, 1.165) is 5.57 Å². The van der Waals surface area contributed by atoms with Crippen LogP contribution in [-0.2, 0) is 0 Å². The number of allylic oxidation sites excluding steroid dienone is 3. The Hall–Kier alpha value is -1.26. The standard InChI is InChI=1S/C9H15N3O/c10-4-3-6-5-7(13)1-2-8(11)9(6)12/h1-2,5,9,13H,3-4,10-12H2. The molecule has 0 saturated carbocycles. The van der Waals surface area contributed by atoms with Crippen LogP contribution in [0.4, 0.5) is 0 Å². The summed E-state index contributed by atoms with van der Waals surface area (Å²) < 4.78 is 0. The second-order valence-electron chi connectivity index (χ2n) is 2.99. The van der Waals surface area contributed by atoms with Crippen LogP contribution in [0.1, 0.15) is 6.42 Å². The van der Waals surface area contributed by atoms with Crippen molar-refractivity contribution in [1.29, 1.82) is 0 Å². The monoisotopic (exact) mass is 181 g/mol. The minimum absolute atomic E-state index is 0.166. The molecule has 4 nitrogen and oxygen atoms in total. The van der Waals surface area contributed by atoms with Gasteiger partial charge in [0.05, 0.1) is 6.04 Å². The molecule has 13 heavy (non-hydrogen) atoms. The molecule has 0 aromatic carbocycles. The summed E-state index contributed by atoms with van der Waals surface area (Å²) in [6, 6.07) is -0.329. The van der Waals surface area contributed by atoms with Gasteiger partial charge in [0.25, 0.3) is 0 Å². The van der Waals surface area contributed by atoms with E-state index in [9.17, 15) is 5.11 Å². The first-order valence-electron chi connectivity index (χ1n) is 4.17. The maximum Gasteiger partial charge on any atom is 0.115 e. The summed E-state index contributed by atoms with van der Waals surface area (Å²) in [5.74, 6) is 0.166. The van der Waals surface area contributed by atoms with Crippen LogP contribution in [0, 0.1) is 0 Å². The van der Waals surface area contributed by atoms with E-state index in [1.807, 2.05) is 0 Å².